The van der Waals surface area contributed by atoms with Crippen LogP contribution in [0.5, 0.6) is 0 Å². The summed E-state index contributed by atoms with van der Waals surface area (Å²) in [5, 5.41) is 20.2. The molecule has 1 heterocycles. The van der Waals surface area contributed by atoms with Crippen molar-refractivity contribution in [3.63, 3.8) is 0 Å². The van der Waals surface area contributed by atoms with Gasteiger partial charge in [0.25, 0.3) is 0 Å². The molecule has 7 heteroatoms. The van der Waals surface area contributed by atoms with E-state index < -0.39 is 0 Å². The zero-order chi connectivity index (χ0) is 13.0. The number of rotatable bonds is 4. The standard InChI is InChI=1S/C11H9N5OS/c1-16-11(13-14-15-16)18-7-10(17)9-4-2-8(6-12)3-5-9/h2-5H,7H2,1H3. The highest BCUT2D eigenvalue weighted by Crippen LogP contribution is 2.15. The van der Waals surface area contributed by atoms with Crippen molar-refractivity contribution in [3.05, 3.63) is 35.4 Å². The summed E-state index contributed by atoms with van der Waals surface area (Å²) < 4.78 is 1.51. The second-order valence-electron chi connectivity index (χ2n) is 3.49. The first-order chi connectivity index (χ1) is 8.70. The molecule has 6 nitrogen and oxygen atoms in total. The Morgan fingerprint density at radius 2 is 2.17 bits per heavy atom. The number of carbonyl (C=O) groups is 1. The van der Waals surface area contributed by atoms with Crippen LogP contribution < -0.4 is 0 Å². The molecule has 2 aromatic rings. The lowest BCUT2D eigenvalue weighted by atomic mass is 10.1. The van der Waals surface area contributed by atoms with E-state index in [4.69, 9.17) is 5.26 Å². The molecule has 0 aliphatic carbocycles. The summed E-state index contributed by atoms with van der Waals surface area (Å²) in [6, 6.07) is 8.56. The van der Waals surface area contributed by atoms with Crippen molar-refractivity contribution in [1.29, 1.82) is 5.26 Å². The average Bonchev–Trinajstić information content (AvgIpc) is 2.81. The third-order valence-corrected chi connectivity index (χ3v) is 3.26. The van der Waals surface area contributed by atoms with Crippen LogP contribution in [-0.4, -0.2) is 31.7 Å². The molecule has 0 bridgehead atoms. The third-order valence-electron chi connectivity index (χ3n) is 2.25. The van der Waals surface area contributed by atoms with Crippen molar-refractivity contribution in [1.82, 2.24) is 20.2 Å². The summed E-state index contributed by atoms with van der Waals surface area (Å²) in [6.45, 7) is 0. The lowest BCUT2D eigenvalue weighted by molar-refractivity contribution is 0.102. The van der Waals surface area contributed by atoms with Crippen molar-refractivity contribution in [3.8, 4) is 6.07 Å². The van der Waals surface area contributed by atoms with Gasteiger partial charge in [0.2, 0.25) is 5.16 Å². The van der Waals surface area contributed by atoms with Gasteiger partial charge >= 0.3 is 0 Å². The zero-order valence-corrected chi connectivity index (χ0v) is 10.4. The van der Waals surface area contributed by atoms with Crippen LogP contribution in [0.4, 0.5) is 0 Å². The van der Waals surface area contributed by atoms with Crippen molar-refractivity contribution < 1.29 is 4.79 Å². The number of hydrogen-bond acceptors (Lipinski definition) is 6. The van der Waals surface area contributed by atoms with Gasteiger partial charge in [-0.15, -0.1) is 5.10 Å². The molecule has 0 fully saturated rings. The van der Waals surface area contributed by atoms with Crippen molar-refractivity contribution in [2.45, 2.75) is 5.16 Å². The lowest BCUT2D eigenvalue weighted by Gasteiger charge is -2.00. The number of thioether (sulfide) groups is 1. The van der Waals surface area contributed by atoms with Gasteiger partial charge in [0, 0.05) is 12.6 Å². The van der Waals surface area contributed by atoms with Gasteiger partial charge in [0.1, 0.15) is 0 Å². The molecule has 0 amide bonds. The Hall–Kier alpha value is -2.20. The summed E-state index contributed by atoms with van der Waals surface area (Å²) in [4.78, 5) is 11.9. The van der Waals surface area contributed by atoms with E-state index in [-0.39, 0.29) is 11.5 Å². The molecule has 0 radical (unpaired) electrons. The van der Waals surface area contributed by atoms with Crippen molar-refractivity contribution in [2.75, 3.05) is 5.75 Å². The minimum Gasteiger partial charge on any atom is -0.293 e. The second-order valence-corrected chi connectivity index (χ2v) is 4.43. The molecule has 90 valence electrons. The quantitative estimate of drug-likeness (QED) is 0.603. The Bertz CT molecular complexity index is 599. The SMILES string of the molecule is Cn1nnnc1SCC(=O)c1ccc(C#N)cc1. The highest BCUT2D eigenvalue weighted by molar-refractivity contribution is 7.99. The molecule has 0 aliphatic heterocycles. The fourth-order valence-corrected chi connectivity index (χ4v) is 2.03. The van der Waals surface area contributed by atoms with Gasteiger partial charge in [0.05, 0.1) is 17.4 Å². The van der Waals surface area contributed by atoms with Gasteiger partial charge in [-0.05, 0) is 22.6 Å². The smallest absolute Gasteiger partial charge is 0.209 e. The molecule has 0 atom stereocenters. The van der Waals surface area contributed by atoms with Gasteiger partial charge in [-0.2, -0.15) is 5.26 Å². The number of aromatic nitrogens is 4. The largest absolute Gasteiger partial charge is 0.293 e. The average molecular weight is 259 g/mol. The van der Waals surface area contributed by atoms with E-state index in [1.165, 1.54) is 16.4 Å². The molecule has 1 aromatic heterocycles. The Labute approximate surface area is 108 Å². The summed E-state index contributed by atoms with van der Waals surface area (Å²) in [6.07, 6.45) is 0. The van der Waals surface area contributed by atoms with Crippen LogP contribution in [0.1, 0.15) is 15.9 Å². The maximum absolute atomic E-state index is 11.9. The first-order valence-electron chi connectivity index (χ1n) is 5.09. The molecule has 0 N–H and O–H groups in total. The molecule has 1 aromatic carbocycles. The number of ketones is 1. The molecule has 0 saturated carbocycles. The number of nitriles is 1. The number of nitrogens with zero attached hydrogens (tertiary/aromatic N) is 5. The lowest BCUT2D eigenvalue weighted by Crippen LogP contribution is -2.04. The first-order valence-corrected chi connectivity index (χ1v) is 6.08. The summed E-state index contributed by atoms with van der Waals surface area (Å²) >= 11 is 1.28. The van der Waals surface area contributed by atoms with E-state index in [0.29, 0.717) is 16.3 Å². The van der Waals surface area contributed by atoms with Crippen LogP contribution in [0, 0.1) is 11.3 Å². The van der Waals surface area contributed by atoms with Gasteiger partial charge in [0.15, 0.2) is 5.78 Å². The molecular weight excluding hydrogens is 250 g/mol. The van der Waals surface area contributed by atoms with E-state index in [1.807, 2.05) is 6.07 Å². The Kier molecular flexibility index (Phi) is 3.69. The first kappa shape index (κ1) is 12.3. The molecule has 2 rings (SSSR count). The van der Waals surface area contributed by atoms with E-state index in [9.17, 15) is 4.79 Å². The summed E-state index contributed by atoms with van der Waals surface area (Å²) in [5.41, 5.74) is 1.12. The van der Waals surface area contributed by atoms with Crippen molar-refractivity contribution in [2.24, 2.45) is 7.05 Å². The predicted octanol–water partition coefficient (Wildman–Crippen LogP) is 1.06. The number of Topliss-reactive ketones (excluding diaryl/α,β-unsaturated/α-hetero) is 1. The number of benzene rings is 1. The highest BCUT2D eigenvalue weighted by Gasteiger charge is 2.09. The Morgan fingerprint density at radius 1 is 1.44 bits per heavy atom. The third kappa shape index (κ3) is 2.73. The molecule has 18 heavy (non-hydrogen) atoms. The molecule has 0 aliphatic rings. The number of hydrogen-bond donors (Lipinski definition) is 0. The summed E-state index contributed by atoms with van der Waals surface area (Å²) in [5.74, 6) is 0.243. The predicted molar refractivity (Wildman–Crippen MR) is 65.0 cm³/mol. The molecule has 0 unspecified atom stereocenters. The van der Waals surface area contributed by atoms with Crippen molar-refractivity contribution >= 4 is 17.5 Å². The van der Waals surface area contributed by atoms with Crippen LogP contribution in [0.2, 0.25) is 0 Å². The molecular formula is C11H9N5OS. The van der Waals surface area contributed by atoms with E-state index in [0.717, 1.165) is 0 Å². The maximum Gasteiger partial charge on any atom is 0.209 e. The van der Waals surface area contributed by atoms with Crippen LogP contribution in [0.25, 0.3) is 0 Å². The fourth-order valence-electron chi connectivity index (χ4n) is 1.29. The van der Waals surface area contributed by atoms with Gasteiger partial charge < -0.3 is 0 Å². The Balaban J connectivity index is 2.00. The minimum absolute atomic E-state index is 0.0208. The number of carbonyl (C=O) groups excluding carboxylic acids is 1. The van der Waals surface area contributed by atoms with Crippen LogP contribution >= 0.6 is 11.8 Å². The van der Waals surface area contributed by atoms with Gasteiger partial charge in [-0.1, -0.05) is 23.9 Å². The van der Waals surface area contributed by atoms with Crippen LogP contribution in [0.3, 0.4) is 0 Å². The zero-order valence-electron chi connectivity index (χ0n) is 9.57. The number of tetrazole rings is 1. The number of aryl methyl sites for hydroxylation is 1. The highest BCUT2D eigenvalue weighted by atomic mass is 32.2. The monoisotopic (exact) mass is 259 g/mol. The fraction of sp³-hybridized carbons (Fsp3) is 0.182. The van der Waals surface area contributed by atoms with E-state index in [2.05, 4.69) is 15.5 Å². The van der Waals surface area contributed by atoms with Gasteiger partial charge in [-0.25, -0.2) is 4.68 Å². The molecule has 0 spiro atoms. The minimum atomic E-state index is -0.0208. The van der Waals surface area contributed by atoms with Gasteiger partial charge in [-0.3, -0.25) is 4.79 Å². The van der Waals surface area contributed by atoms with E-state index in [1.54, 1.807) is 31.3 Å². The van der Waals surface area contributed by atoms with Crippen LogP contribution in [-0.2, 0) is 7.05 Å². The Morgan fingerprint density at radius 3 is 2.72 bits per heavy atom. The topological polar surface area (TPSA) is 84.5 Å². The van der Waals surface area contributed by atoms with E-state index >= 15 is 0 Å². The second kappa shape index (κ2) is 5.42. The molecule has 0 saturated heterocycles. The van der Waals surface area contributed by atoms with Crippen LogP contribution in [0.15, 0.2) is 29.4 Å². The normalized spacial score (nSPS) is 10.0. The summed E-state index contributed by atoms with van der Waals surface area (Å²) in [7, 11) is 1.72. The maximum atomic E-state index is 11.9.